The first kappa shape index (κ1) is 21.7. The van der Waals surface area contributed by atoms with Gasteiger partial charge < -0.3 is 14.0 Å². The predicted octanol–water partition coefficient (Wildman–Crippen LogP) is 5.88. The van der Waals surface area contributed by atoms with Crippen LogP contribution in [0.3, 0.4) is 0 Å². The van der Waals surface area contributed by atoms with Crippen LogP contribution >= 0.6 is 0 Å². The average molecular weight is 623 g/mol. The van der Waals surface area contributed by atoms with E-state index in [1.807, 2.05) is 0 Å². The first-order valence-corrected chi connectivity index (χ1v) is 15.9. The van der Waals surface area contributed by atoms with Gasteiger partial charge in [0.25, 0.3) is 0 Å². The van der Waals surface area contributed by atoms with Crippen molar-refractivity contribution in [1.82, 2.24) is 4.31 Å². The van der Waals surface area contributed by atoms with Gasteiger partial charge in [0.15, 0.2) is 0 Å². The molecule has 0 spiro atoms. The summed E-state index contributed by atoms with van der Waals surface area (Å²) in [5.41, 5.74) is -0.635. The third kappa shape index (κ3) is 7.38. The standard InChI is InChI=1S/C36H41N2O5S/c1-38(2,26-29-14-7-4-8-15-29)27-33-25-37(44(40,41)28-30-16-9-5-10-17-30)23-22-36(33,32-20-13-21-34(24-32)42-3)43-35(39)31-18-11-6-12-19-31/h4-21,24,33H,22-23,25-28H2,1-3H3/q+1/t33-,36+/m0/s1/i1D3,2D3,3D3. The number of methoxy groups -OCH3 is 1. The Morgan fingerprint density at radius 2 is 1.57 bits per heavy atom. The molecule has 5 rings (SSSR count). The van der Waals surface area contributed by atoms with E-state index in [1.54, 1.807) is 84.9 Å². The molecule has 0 bridgehead atoms. The van der Waals surface area contributed by atoms with Crippen LogP contribution in [0, 0.1) is 5.92 Å². The maximum Gasteiger partial charge on any atom is 0.339 e. The number of nitrogens with zero attached hydrogens (tertiary/aromatic N) is 2. The fourth-order valence-corrected chi connectivity index (χ4v) is 7.42. The molecular formula is C36H41N2O5S+. The van der Waals surface area contributed by atoms with Gasteiger partial charge in [-0.2, -0.15) is 0 Å². The van der Waals surface area contributed by atoms with Crippen LogP contribution in [0.2, 0.25) is 0 Å². The Balaban J connectivity index is 1.73. The SMILES string of the molecule is [2H]C([2H])([2H])Oc1cccc([C@]2(OC(=O)c3ccccc3)CCN(S(=O)(=O)Cc3ccccc3)C[C@H]2C[N+](Cc2ccccc2)(C([2H])([2H])[2H])C([2H])([2H])[2H])c1. The third-order valence-corrected chi connectivity index (χ3v) is 9.77. The van der Waals surface area contributed by atoms with Gasteiger partial charge >= 0.3 is 5.97 Å². The second-order valence-corrected chi connectivity index (χ2v) is 13.1. The molecule has 4 aromatic rings. The number of carbonyl (C=O) groups excluding carboxylic acids is 1. The highest BCUT2D eigenvalue weighted by Crippen LogP contribution is 2.44. The Kier molecular flexibility index (Phi) is 6.57. The molecule has 0 aliphatic carbocycles. The molecule has 1 fully saturated rings. The quantitative estimate of drug-likeness (QED) is 0.154. The number of hydrogen-bond donors (Lipinski definition) is 0. The van der Waals surface area contributed by atoms with Crippen molar-refractivity contribution < 1.29 is 39.5 Å². The van der Waals surface area contributed by atoms with Gasteiger partial charge in [0.05, 0.1) is 57.1 Å². The number of ether oxygens (including phenoxy) is 2. The maximum atomic E-state index is 14.1. The Morgan fingerprint density at radius 3 is 2.23 bits per heavy atom. The fourth-order valence-electron chi connectivity index (χ4n) is 5.84. The molecule has 1 aliphatic rings. The molecule has 1 aliphatic heterocycles. The number of esters is 1. The Morgan fingerprint density at radius 1 is 0.909 bits per heavy atom. The fraction of sp³-hybridized carbons (Fsp3) is 0.306. The first-order chi connectivity index (χ1) is 24.7. The molecule has 44 heavy (non-hydrogen) atoms. The highest BCUT2D eigenvalue weighted by Gasteiger charge is 2.52. The molecule has 0 amide bonds. The number of piperidine rings is 1. The monoisotopic (exact) mass is 622 g/mol. The van der Waals surface area contributed by atoms with Crippen molar-refractivity contribution in [1.29, 1.82) is 0 Å². The Labute approximate surface area is 273 Å². The van der Waals surface area contributed by atoms with Crippen molar-refractivity contribution in [3.05, 3.63) is 138 Å². The van der Waals surface area contributed by atoms with Crippen LogP contribution in [0.5, 0.6) is 5.75 Å². The second-order valence-electron chi connectivity index (χ2n) is 11.1. The molecule has 0 unspecified atom stereocenters. The molecule has 230 valence electrons. The lowest BCUT2D eigenvalue weighted by Gasteiger charge is -2.49. The van der Waals surface area contributed by atoms with Crippen molar-refractivity contribution in [3.8, 4) is 5.75 Å². The lowest BCUT2D eigenvalue weighted by atomic mass is 9.75. The van der Waals surface area contributed by atoms with E-state index in [0.717, 1.165) is 0 Å². The van der Waals surface area contributed by atoms with E-state index in [9.17, 15) is 13.2 Å². The number of rotatable bonds is 11. The van der Waals surface area contributed by atoms with Crippen LogP contribution < -0.4 is 4.74 Å². The Bertz CT molecular complexity index is 1950. The van der Waals surface area contributed by atoms with Crippen LogP contribution in [0.1, 0.15) is 45.8 Å². The van der Waals surface area contributed by atoms with E-state index in [0.29, 0.717) is 11.1 Å². The van der Waals surface area contributed by atoms with E-state index in [4.69, 9.17) is 21.8 Å². The van der Waals surface area contributed by atoms with Crippen molar-refractivity contribution in [2.75, 3.05) is 40.6 Å². The molecule has 1 heterocycles. The third-order valence-electron chi connectivity index (χ3n) is 7.95. The lowest BCUT2D eigenvalue weighted by molar-refractivity contribution is -0.908. The van der Waals surface area contributed by atoms with Gasteiger partial charge in [-0.25, -0.2) is 17.5 Å². The topological polar surface area (TPSA) is 72.9 Å². The van der Waals surface area contributed by atoms with E-state index >= 15 is 0 Å². The molecule has 0 radical (unpaired) electrons. The number of carbonyl (C=O) groups is 1. The summed E-state index contributed by atoms with van der Waals surface area (Å²) in [6, 6.07) is 30.4. The highest BCUT2D eigenvalue weighted by atomic mass is 32.2. The van der Waals surface area contributed by atoms with Crippen LogP contribution in [0.15, 0.2) is 115 Å². The predicted molar refractivity (Wildman–Crippen MR) is 172 cm³/mol. The zero-order valence-corrected chi connectivity index (χ0v) is 25.0. The van der Waals surface area contributed by atoms with Crippen LogP contribution in [0.25, 0.3) is 0 Å². The summed E-state index contributed by atoms with van der Waals surface area (Å²) in [5, 5.41) is 0. The van der Waals surface area contributed by atoms with Crippen LogP contribution in [-0.4, -0.2) is 63.8 Å². The molecule has 0 saturated carbocycles. The summed E-state index contributed by atoms with van der Waals surface area (Å²) in [5.74, 6) is -2.64. The molecule has 2 atom stereocenters. The number of sulfonamides is 1. The van der Waals surface area contributed by atoms with Crippen molar-refractivity contribution >= 4 is 16.0 Å². The second kappa shape index (κ2) is 13.3. The molecule has 7 nitrogen and oxygen atoms in total. The van der Waals surface area contributed by atoms with Crippen molar-refractivity contribution in [2.24, 2.45) is 5.92 Å². The minimum absolute atomic E-state index is 0.118. The minimum atomic E-state index is -4.09. The molecular weight excluding hydrogens is 572 g/mol. The van der Waals surface area contributed by atoms with Gasteiger partial charge in [0, 0.05) is 25.1 Å². The molecule has 8 heteroatoms. The highest BCUT2D eigenvalue weighted by molar-refractivity contribution is 7.88. The molecule has 1 saturated heterocycles. The first-order valence-electron chi connectivity index (χ1n) is 18.8. The van der Waals surface area contributed by atoms with Crippen molar-refractivity contribution in [3.63, 3.8) is 0 Å². The maximum absolute atomic E-state index is 14.1. The largest absolute Gasteiger partial charge is 0.497 e. The normalized spacial score (nSPS) is 23.2. The number of hydrogen-bond acceptors (Lipinski definition) is 5. The van der Waals surface area contributed by atoms with Gasteiger partial charge in [0.2, 0.25) is 10.0 Å². The Hall–Kier alpha value is -3.98. The molecule has 0 N–H and O–H groups in total. The molecule has 4 aromatic carbocycles. The van der Waals surface area contributed by atoms with Gasteiger partial charge in [0.1, 0.15) is 17.9 Å². The minimum Gasteiger partial charge on any atom is -0.497 e. The lowest BCUT2D eigenvalue weighted by Crippen LogP contribution is -2.59. The van der Waals surface area contributed by atoms with E-state index < -0.39 is 72.6 Å². The van der Waals surface area contributed by atoms with Gasteiger partial charge in [-0.3, -0.25) is 0 Å². The summed E-state index contributed by atoms with van der Waals surface area (Å²) in [4.78, 5) is 14.0. The van der Waals surface area contributed by atoms with Gasteiger partial charge in [-0.1, -0.05) is 91.0 Å². The number of quaternary nitrogens is 1. The van der Waals surface area contributed by atoms with Crippen molar-refractivity contribution in [2.45, 2.75) is 24.3 Å². The van der Waals surface area contributed by atoms with Gasteiger partial charge in [-0.05, 0) is 35.4 Å². The zero-order valence-electron chi connectivity index (χ0n) is 33.1. The summed E-state index contributed by atoms with van der Waals surface area (Å²) >= 11 is 0. The number of benzene rings is 4. The summed E-state index contributed by atoms with van der Waals surface area (Å²) < 4.78 is 115. The summed E-state index contributed by atoms with van der Waals surface area (Å²) in [7, 11) is -6.95. The van der Waals surface area contributed by atoms with Crippen LogP contribution in [0.4, 0.5) is 0 Å². The summed E-state index contributed by atoms with van der Waals surface area (Å²) in [6.07, 6.45) is -0.227. The smallest absolute Gasteiger partial charge is 0.339 e. The zero-order chi connectivity index (χ0) is 38.7. The average Bonchev–Trinajstić information content (AvgIpc) is 3.08. The van der Waals surface area contributed by atoms with Gasteiger partial charge in [-0.15, -0.1) is 0 Å². The molecule has 0 aromatic heterocycles. The van der Waals surface area contributed by atoms with E-state index in [-0.39, 0.29) is 35.6 Å². The van der Waals surface area contributed by atoms with E-state index in [2.05, 4.69) is 0 Å². The summed E-state index contributed by atoms with van der Waals surface area (Å²) in [6.45, 7) is -8.19. The van der Waals surface area contributed by atoms with Crippen LogP contribution in [-0.2, 0) is 32.7 Å². The van der Waals surface area contributed by atoms with E-state index in [1.165, 1.54) is 34.6 Å².